The minimum absolute atomic E-state index is 0.00235. The number of imidazole rings is 1. The van der Waals surface area contributed by atoms with Gasteiger partial charge in [-0.3, -0.25) is 9.13 Å². The fourth-order valence-corrected chi connectivity index (χ4v) is 5.62. The second kappa shape index (κ2) is 9.45. The number of aryl methyl sites for hydroxylation is 1. The molecule has 0 radical (unpaired) electrons. The lowest BCUT2D eigenvalue weighted by atomic mass is 9.94. The standard InChI is InChI=1S/C23H38N4O3S/c1-6-7-8-18(11-12-26-13-15-31(29,30)16-14-26)19-9-10-20-21(24-19)25(5)22(28)27(20)17-23(2,3)4/h9-10,18H,6-8,11-17H2,1-5H3. The van der Waals surface area contributed by atoms with Crippen molar-refractivity contribution in [2.24, 2.45) is 12.5 Å². The zero-order chi connectivity index (χ0) is 22.8. The van der Waals surface area contributed by atoms with Crippen LogP contribution in [0.25, 0.3) is 11.2 Å². The van der Waals surface area contributed by atoms with Crippen molar-refractivity contribution < 1.29 is 8.42 Å². The van der Waals surface area contributed by atoms with Gasteiger partial charge in [0.2, 0.25) is 0 Å². The van der Waals surface area contributed by atoms with Crippen molar-refractivity contribution in [1.29, 1.82) is 0 Å². The first-order valence-electron chi connectivity index (χ1n) is 11.5. The molecule has 8 heteroatoms. The molecule has 2 aromatic heterocycles. The minimum Gasteiger partial charge on any atom is -0.301 e. The monoisotopic (exact) mass is 450 g/mol. The summed E-state index contributed by atoms with van der Waals surface area (Å²) >= 11 is 0. The third kappa shape index (κ3) is 5.98. The van der Waals surface area contributed by atoms with Crippen LogP contribution in [0.5, 0.6) is 0 Å². The predicted molar refractivity (Wildman–Crippen MR) is 126 cm³/mol. The predicted octanol–water partition coefficient (Wildman–Crippen LogP) is 3.18. The Hall–Kier alpha value is -1.67. The van der Waals surface area contributed by atoms with Gasteiger partial charge in [-0.05, 0) is 36.9 Å². The van der Waals surface area contributed by atoms with Crippen molar-refractivity contribution in [3.8, 4) is 0 Å². The Morgan fingerprint density at radius 3 is 2.42 bits per heavy atom. The second-order valence-corrected chi connectivity index (χ2v) is 12.5. The molecular formula is C23H38N4O3S. The third-order valence-electron chi connectivity index (χ3n) is 6.19. The number of pyridine rings is 1. The molecule has 1 saturated heterocycles. The van der Waals surface area contributed by atoms with Gasteiger partial charge in [-0.2, -0.15) is 0 Å². The van der Waals surface area contributed by atoms with Crippen LogP contribution in [0.15, 0.2) is 16.9 Å². The highest BCUT2D eigenvalue weighted by Gasteiger charge is 2.24. The summed E-state index contributed by atoms with van der Waals surface area (Å²) in [5.74, 6) is 0.837. The Bertz CT molecular complexity index is 1050. The largest absolute Gasteiger partial charge is 0.330 e. The van der Waals surface area contributed by atoms with Crippen molar-refractivity contribution >= 4 is 21.0 Å². The Morgan fingerprint density at radius 2 is 1.81 bits per heavy atom. The molecule has 3 rings (SSSR count). The molecule has 1 aliphatic rings. The molecule has 1 fully saturated rings. The van der Waals surface area contributed by atoms with Gasteiger partial charge in [0.15, 0.2) is 15.5 Å². The summed E-state index contributed by atoms with van der Waals surface area (Å²) in [6, 6.07) is 4.14. The van der Waals surface area contributed by atoms with Gasteiger partial charge in [0.05, 0.1) is 17.0 Å². The Morgan fingerprint density at radius 1 is 1.13 bits per heavy atom. The maximum Gasteiger partial charge on any atom is 0.330 e. The zero-order valence-electron chi connectivity index (χ0n) is 19.7. The minimum atomic E-state index is -2.85. The molecule has 0 saturated carbocycles. The molecule has 0 bridgehead atoms. The Kier molecular flexibility index (Phi) is 7.31. The van der Waals surface area contributed by atoms with Crippen molar-refractivity contribution in [2.45, 2.75) is 65.8 Å². The van der Waals surface area contributed by atoms with E-state index in [1.54, 1.807) is 11.6 Å². The fourth-order valence-electron chi connectivity index (χ4n) is 4.35. The van der Waals surface area contributed by atoms with Gasteiger partial charge in [0, 0.05) is 38.3 Å². The van der Waals surface area contributed by atoms with E-state index in [4.69, 9.17) is 4.98 Å². The first kappa shape index (κ1) is 24.0. The summed E-state index contributed by atoms with van der Waals surface area (Å²) in [6.07, 6.45) is 4.26. The van der Waals surface area contributed by atoms with Gasteiger partial charge in [0.1, 0.15) is 0 Å². The highest BCUT2D eigenvalue weighted by Crippen LogP contribution is 2.27. The van der Waals surface area contributed by atoms with E-state index < -0.39 is 9.84 Å². The number of hydrogen-bond donors (Lipinski definition) is 0. The molecule has 0 aromatic carbocycles. The summed E-state index contributed by atoms with van der Waals surface area (Å²) in [5, 5.41) is 0. The van der Waals surface area contributed by atoms with E-state index >= 15 is 0 Å². The van der Waals surface area contributed by atoms with Gasteiger partial charge in [-0.1, -0.05) is 40.5 Å². The van der Waals surface area contributed by atoms with Crippen LogP contribution in [0.1, 0.15) is 65.0 Å². The maximum atomic E-state index is 12.8. The first-order valence-corrected chi connectivity index (χ1v) is 13.3. The molecule has 0 amide bonds. The number of rotatable bonds is 8. The molecule has 0 aliphatic carbocycles. The molecule has 1 aliphatic heterocycles. The number of unbranched alkanes of at least 4 members (excludes halogenated alkanes) is 1. The molecule has 3 heterocycles. The molecule has 0 spiro atoms. The molecular weight excluding hydrogens is 412 g/mol. The van der Waals surface area contributed by atoms with E-state index in [1.807, 2.05) is 4.57 Å². The first-order chi connectivity index (χ1) is 14.5. The molecule has 1 atom stereocenters. The zero-order valence-corrected chi connectivity index (χ0v) is 20.5. The molecule has 174 valence electrons. The van der Waals surface area contributed by atoms with Crippen molar-refractivity contribution in [2.75, 3.05) is 31.1 Å². The second-order valence-electron chi connectivity index (χ2n) is 10.2. The number of hydrogen-bond acceptors (Lipinski definition) is 5. The van der Waals surface area contributed by atoms with Crippen molar-refractivity contribution in [3.63, 3.8) is 0 Å². The summed E-state index contributed by atoms with van der Waals surface area (Å²) in [6.45, 7) is 11.4. The van der Waals surface area contributed by atoms with E-state index in [9.17, 15) is 13.2 Å². The fraction of sp³-hybridized carbons (Fsp3) is 0.739. The van der Waals surface area contributed by atoms with Gasteiger partial charge in [-0.25, -0.2) is 18.2 Å². The smallest absolute Gasteiger partial charge is 0.301 e. The molecule has 1 unspecified atom stereocenters. The summed E-state index contributed by atoms with van der Waals surface area (Å²) < 4.78 is 26.9. The number of nitrogens with zero attached hydrogens (tertiary/aromatic N) is 4. The van der Waals surface area contributed by atoms with Crippen LogP contribution < -0.4 is 5.69 Å². The van der Waals surface area contributed by atoms with Crippen LogP contribution in [0.2, 0.25) is 0 Å². The van der Waals surface area contributed by atoms with Gasteiger partial charge in [-0.15, -0.1) is 0 Å². The van der Waals surface area contributed by atoms with E-state index in [1.165, 1.54) is 0 Å². The summed E-state index contributed by atoms with van der Waals surface area (Å²) in [4.78, 5) is 20.0. The number of aromatic nitrogens is 3. The topological polar surface area (TPSA) is 77.2 Å². The van der Waals surface area contributed by atoms with Crippen LogP contribution in [0.3, 0.4) is 0 Å². The highest BCUT2D eigenvalue weighted by molar-refractivity contribution is 7.91. The van der Waals surface area contributed by atoms with Crippen LogP contribution in [0, 0.1) is 5.41 Å². The van der Waals surface area contributed by atoms with Crippen LogP contribution in [-0.4, -0.2) is 58.6 Å². The summed E-state index contributed by atoms with van der Waals surface area (Å²) in [5.41, 5.74) is 2.66. The highest BCUT2D eigenvalue weighted by atomic mass is 32.2. The lowest BCUT2D eigenvalue weighted by Crippen LogP contribution is -2.41. The normalized spacial score (nSPS) is 18.5. The summed E-state index contributed by atoms with van der Waals surface area (Å²) in [7, 11) is -1.05. The van der Waals surface area contributed by atoms with Gasteiger partial charge >= 0.3 is 5.69 Å². The third-order valence-corrected chi connectivity index (χ3v) is 7.80. The average Bonchev–Trinajstić information content (AvgIpc) is 2.92. The Labute approximate surface area is 186 Å². The maximum absolute atomic E-state index is 12.8. The van der Waals surface area contributed by atoms with Crippen molar-refractivity contribution in [3.05, 3.63) is 28.3 Å². The van der Waals surface area contributed by atoms with Crippen LogP contribution >= 0.6 is 0 Å². The quantitative estimate of drug-likeness (QED) is 0.617. The van der Waals surface area contributed by atoms with Crippen LogP contribution in [-0.2, 0) is 23.4 Å². The van der Waals surface area contributed by atoms with E-state index in [2.05, 4.69) is 44.7 Å². The molecule has 2 aromatic rings. The number of sulfone groups is 1. The molecule has 31 heavy (non-hydrogen) atoms. The van der Waals surface area contributed by atoms with Gasteiger partial charge < -0.3 is 4.90 Å². The van der Waals surface area contributed by atoms with Crippen molar-refractivity contribution in [1.82, 2.24) is 19.0 Å². The Balaban J connectivity index is 1.83. The molecule has 7 nitrogen and oxygen atoms in total. The number of fused-ring (bicyclic) bond motifs is 1. The SMILES string of the molecule is CCCCC(CCN1CCS(=O)(=O)CC1)c1ccc2c(n1)n(C)c(=O)n2CC(C)(C)C. The van der Waals surface area contributed by atoms with Crippen LogP contribution in [0.4, 0.5) is 0 Å². The average molecular weight is 451 g/mol. The lowest BCUT2D eigenvalue weighted by molar-refractivity contribution is 0.279. The van der Waals surface area contributed by atoms with E-state index in [-0.39, 0.29) is 22.6 Å². The van der Waals surface area contributed by atoms with E-state index in [0.717, 1.165) is 49.1 Å². The van der Waals surface area contributed by atoms with E-state index in [0.29, 0.717) is 25.6 Å². The van der Waals surface area contributed by atoms with Gasteiger partial charge in [0.25, 0.3) is 0 Å². The lowest BCUT2D eigenvalue weighted by Gasteiger charge is -2.28. The molecule has 0 N–H and O–H groups in total.